The number of nitrogens with one attached hydrogen (secondary N) is 1. The lowest BCUT2D eigenvalue weighted by Crippen LogP contribution is -2.33. The fourth-order valence-corrected chi connectivity index (χ4v) is 1.95. The smallest absolute Gasteiger partial charge is 0.270 e. The maximum Gasteiger partial charge on any atom is 0.270 e. The Balaban J connectivity index is 0.00000180. The van der Waals surface area contributed by atoms with Crippen LogP contribution in [0.15, 0.2) is 30.2 Å². The summed E-state index contributed by atoms with van der Waals surface area (Å²) in [6, 6.07) is 3.56. The Labute approximate surface area is 118 Å². The molecule has 0 unspecified atom stereocenters. The minimum atomic E-state index is -0.128. The average molecular weight is 282 g/mol. The van der Waals surface area contributed by atoms with Gasteiger partial charge in [0, 0.05) is 25.5 Å². The molecule has 1 aliphatic rings. The molecule has 0 bridgehead atoms. The Morgan fingerprint density at radius 1 is 1.26 bits per heavy atom. The molecule has 0 atom stereocenters. The predicted octanol–water partition coefficient (Wildman–Crippen LogP) is 1.21. The lowest BCUT2D eigenvalue weighted by Gasteiger charge is -2.16. The number of amides is 2. The molecule has 2 heterocycles. The molecule has 0 spiro atoms. The van der Waals surface area contributed by atoms with Crippen LogP contribution >= 0.6 is 12.4 Å². The van der Waals surface area contributed by atoms with Crippen LogP contribution in [-0.4, -0.2) is 35.3 Å². The minimum Gasteiger partial charge on any atom is -0.337 e. The molecule has 2 amide bonds. The number of carbonyl (C=O) groups is 2. The van der Waals surface area contributed by atoms with Gasteiger partial charge in [-0.25, -0.2) is 0 Å². The molecule has 1 aromatic heterocycles. The van der Waals surface area contributed by atoms with E-state index in [0.717, 1.165) is 31.5 Å². The summed E-state index contributed by atoms with van der Waals surface area (Å²) in [7, 11) is 0. The van der Waals surface area contributed by atoms with Crippen molar-refractivity contribution in [3.63, 3.8) is 0 Å². The molecule has 5 nitrogen and oxygen atoms in total. The van der Waals surface area contributed by atoms with Crippen molar-refractivity contribution in [2.45, 2.75) is 12.8 Å². The molecule has 0 aliphatic carbocycles. The van der Waals surface area contributed by atoms with Gasteiger partial charge in [-0.2, -0.15) is 0 Å². The van der Waals surface area contributed by atoms with E-state index in [4.69, 9.17) is 0 Å². The van der Waals surface area contributed by atoms with Crippen LogP contribution in [0.2, 0.25) is 0 Å². The number of hydrogen-bond donors (Lipinski definition) is 1. The summed E-state index contributed by atoms with van der Waals surface area (Å²) in [5.41, 5.74) is 1.14. The summed E-state index contributed by atoms with van der Waals surface area (Å²) >= 11 is 0. The second kappa shape index (κ2) is 7.53. The molecule has 1 aliphatic heterocycles. The minimum absolute atomic E-state index is 0. The lowest BCUT2D eigenvalue weighted by molar-refractivity contribution is -0.127. The van der Waals surface area contributed by atoms with Crippen LogP contribution in [0, 0.1) is 0 Å². The van der Waals surface area contributed by atoms with E-state index < -0.39 is 0 Å². The molecule has 19 heavy (non-hydrogen) atoms. The second-order valence-electron chi connectivity index (χ2n) is 4.10. The maximum absolute atomic E-state index is 12.2. The van der Waals surface area contributed by atoms with Crippen molar-refractivity contribution in [1.82, 2.24) is 15.2 Å². The quantitative estimate of drug-likeness (QED) is 0.667. The monoisotopic (exact) mass is 281 g/mol. The van der Waals surface area contributed by atoms with Crippen LogP contribution in [0.4, 0.5) is 0 Å². The first-order valence-corrected chi connectivity index (χ1v) is 5.92. The number of aromatic nitrogens is 1. The summed E-state index contributed by atoms with van der Waals surface area (Å²) in [5, 5.41) is 2.48. The molecule has 1 saturated heterocycles. The largest absolute Gasteiger partial charge is 0.337 e. The first-order chi connectivity index (χ1) is 8.81. The van der Waals surface area contributed by atoms with Crippen LogP contribution in [0.1, 0.15) is 18.4 Å². The summed E-state index contributed by atoms with van der Waals surface area (Å²) in [5.74, 6) is -0.128. The fourth-order valence-electron chi connectivity index (χ4n) is 1.95. The molecule has 0 radical (unpaired) electrons. The van der Waals surface area contributed by atoms with E-state index in [0.29, 0.717) is 12.1 Å². The highest BCUT2D eigenvalue weighted by molar-refractivity contribution is 5.99. The van der Waals surface area contributed by atoms with Crippen molar-refractivity contribution >= 4 is 30.8 Å². The van der Waals surface area contributed by atoms with Gasteiger partial charge in [0.05, 0.1) is 0 Å². The molecule has 0 aromatic carbocycles. The Kier molecular flexibility index (Phi) is 6.02. The third kappa shape index (κ3) is 4.06. The molecule has 2 rings (SSSR count). The zero-order chi connectivity index (χ0) is 12.8. The highest BCUT2D eigenvalue weighted by Crippen LogP contribution is 2.12. The number of halogens is 1. The van der Waals surface area contributed by atoms with Crippen molar-refractivity contribution in [3.05, 3.63) is 35.8 Å². The normalized spacial score (nSPS) is 14.7. The van der Waals surface area contributed by atoms with E-state index >= 15 is 0 Å². The summed E-state index contributed by atoms with van der Waals surface area (Å²) in [6.07, 6.45) is 7.53. The van der Waals surface area contributed by atoms with Gasteiger partial charge in [0.1, 0.15) is 5.70 Å². The Morgan fingerprint density at radius 3 is 2.47 bits per heavy atom. The maximum atomic E-state index is 12.2. The van der Waals surface area contributed by atoms with Crippen molar-refractivity contribution in [2.24, 2.45) is 0 Å². The van der Waals surface area contributed by atoms with Gasteiger partial charge in [-0.15, -0.1) is 12.4 Å². The molecule has 1 aromatic rings. The topological polar surface area (TPSA) is 62.3 Å². The predicted molar refractivity (Wildman–Crippen MR) is 74.5 cm³/mol. The van der Waals surface area contributed by atoms with Crippen molar-refractivity contribution in [1.29, 1.82) is 0 Å². The molecular weight excluding hydrogens is 266 g/mol. The van der Waals surface area contributed by atoms with E-state index in [1.54, 1.807) is 35.5 Å². The second-order valence-corrected chi connectivity index (χ2v) is 4.10. The standard InChI is InChI=1S/C13H15N3O2.ClH/c17-10-15-12(9-11-3-5-14-6-4-11)13(18)16-7-1-2-8-16;/h3-6,9-10H,1-2,7-8H2,(H,15,17);1H. The molecule has 1 N–H and O–H groups in total. The number of pyridine rings is 1. The number of hydrogen-bond acceptors (Lipinski definition) is 3. The van der Waals surface area contributed by atoms with Gasteiger partial charge in [0.2, 0.25) is 6.41 Å². The Hall–Kier alpha value is -1.88. The van der Waals surface area contributed by atoms with Gasteiger partial charge in [-0.05, 0) is 36.6 Å². The third-order valence-electron chi connectivity index (χ3n) is 2.86. The molecule has 1 fully saturated rings. The summed E-state index contributed by atoms with van der Waals surface area (Å²) in [6.45, 7) is 1.51. The average Bonchev–Trinajstić information content (AvgIpc) is 2.92. The van der Waals surface area contributed by atoms with Gasteiger partial charge < -0.3 is 10.2 Å². The zero-order valence-corrected chi connectivity index (χ0v) is 11.2. The number of carbonyl (C=O) groups excluding carboxylic acids is 2. The van der Waals surface area contributed by atoms with Gasteiger partial charge in [0.15, 0.2) is 0 Å². The van der Waals surface area contributed by atoms with Crippen LogP contribution < -0.4 is 5.32 Å². The third-order valence-corrected chi connectivity index (χ3v) is 2.86. The van der Waals surface area contributed by atoms with E-state index in [2.05, 4.69) is 10.3 Å². The molecule has 102 valence electrons. The van der Waals surface area contributed by atoms with Crippen molar-refractivity contribution in [2.75, 3.05) is 13.1 Å². The first-order valence-electron chi connectivity index (χ1n) is 5.92. The zero-order valence-electron chi connectivity index (χ0n) is 10.4. The number of rotatable bonds is 4. The van der Waals surface area contributed by atoms with E-state index in [9.17, 15) is 9.59 Å². The summed E-state index contributed by atoms with van der Waals surface area (Å²) < 4.78 is 0. The number of likely N-dealkylation sites (tertiary alicyclic amines) is 1. The van der Waals surface area contributed by atoms with Gasteiger partial charge in [-0.3, -0.25) is 14.6 Å². The Morgan fingerprint density at radius 2 is 1.89 bits per heavy atom. The van der Waals surface area contributed by atoms with Gasteiger partial charge in [-0.1, -0.05) is 0 Å². The van der Waals surface area contributed by atoms with Crippen molar-refractivity contribution < 1.29 is 9.59 Å². The highest BCUT2D eigenvalue weighted by Gasteiger charge is 2.21. The highest BCUT2D eigenvalue weighted by atomic mass is 35.5. The van der Waals surface area contributed by atoms with E-state index in [-0.39, 0.29) is 18.3 Å². The van der Waals surface area contributed by atoms with E-state index in [1.165, 1.54) is 0 Å². The van der Waals surface area contributed by atoms with Crippen LogP contribution in [0.5, 0.6) is 0 Å². The fraction of sp³-hybridized carbons (Fsp3) is 0.308. The SMILES string of the molecule is Cl.O=CNC(=Cc1ccncc1)C(=O)N1CCCC1. The molecule has 0 saturated carbocycles. The summed E-state index contributed by atoms with van der Waals surface area (Å²) in [4.78, 5) is 28.4. The van der Waals surface area contributed by atoms with Crippen LogP contribution in [0.25, 0.3) is 6.08 Å². The van der Waals surface area contributed by atoms with Crippen molar-refractivity contribution in [3.8, 4) is 0 Å². The van der Waals surface area contributed by atoms with Crippen LogP contribution in [0.3, 0.4) is 0 Å². The molecule has 6 heteroatoms. The Bertz CT molecular complexity index is 456. The van der Waals surface area contributed by atoms with E-state index in [1.807, 2.05) is 0 Å². The van der Waals surface area contributed by atoms with Crippen LogP contribution in [-0.2, 0) is 9.59 Å². The first kappa shape index (κ1) is 15.2. The van der Waals surface area contributed by atoms with Gasteiger partial charge in [0.25, 0.3) is 5.91 Å². The number of nitrogens with zero attached hydrogens (tertiary/aromatic N) is 2. The lowest BCUT2D eigenvalue weighted by atomic mass is 10.2. The van der Waals surface area contributed by atoms with Gasteiger partial charge >= 0.3 is 0 Å². The molecular formula is C13H16ClN3O2.